The summed E-state index contributed by atoms with van der Waals surface area (Å²) in [6, 6.07) is 21.4. The summed E-state index contributed by atoms with van der Waals surface area (Å²) in [5, 5.41) is 14.7. The van der Waals surface area contributed by atoms with Crippen molar-refractivity contribution in [3.05, 3.63) is 107 Å². The van der Waals surface area contributed by atoms with Gasteiger partial charge in [-0.15, -0.1) is 5.10 Å². The van der Waals surface area contributed by atoms with E-state index in [0.29, 0.717) is 43.0 Å². The van der Waals surface area contributed by atoms with Crippen LogP contribution in [0.2, 0.25) is 0 Å². The molecule has 4 aromatic rings. The summed E-state index contributed by atoms with van der Waals surface area (Å²) in [5.41, 5.74) is 3.01. The Morgan fingerprint density at radius 2 is 1.53 bits per heavy atom. The van der Waals surface area contributed by atoms with Gasteiger partial charge in [-0.25, -0.2) is 9.59 Å². The highest BCUT2D eigenvalue weighted by Crippen LogP contribution is 2.42. The Hall–Kier alpha value is -5.85. The molecule has 3 amide bonds. The summed E-state index contributed by atoms with van der Waals surface area (Å²) < 4.78 is 12.7. The zero-order chi connectivity index (χ0) is 40.9. The van der Waals surface area contributed by atoms with Crippen LogP contribution in [0.3, 0.4) is 0 Å². The number of aromatic nitrogens is 4. The van der Waals surface area contributed by atoms with Gasteiger partial charge in [0.1, 0.15) is 23.6 Å². The molecular weight excluding hydrogens is 723 g/mol. The minimum absolute atomic E-state index is 0.0567. The summed E-state index contributed by atoms with van der Waals surface area (Å²) in [4.78, 5) is 58.3. The van der Waals surface area contributed by atoms with Crippen LogP contribution in [0.1, 0.15) is 93.8 Å². The smallest absolute Gasteiger partial charge is 0.410 e. The summed E-state index contributed by atoms with van der Waals surface area (Å²) in [5.74, 6) is -1.17. The van der Waals surface area contributed by atoms with E-state index in [4.69, 9.17) is 9.47 Å². The summed E-state index contributed by atoms with van der Waals surface area (Å²) >= 11 is 0. The molecule has 0 aliphatic carbocycles. The standard InChI is InChI=1S/C44H53N7O6/c1-29-13-19-37(51-28-45-47-48-51)33(25-29)16-20-38(52)50-27-34(30-21-23-49(24-22-30)42(55)57-44(5,6)7)26-36(31-11-9-8-10-12-31)39(50)40(53)46-35-17-14-32(15-18-35)41(54)56-43(2,3)4/h8-20,25,28,30,34,36,39H,21-24,26-27H2,1-7H3,(H,46,53)/b20-16+. The highest BCUT2D eigenvalue weighted by molar-refractivity contribution is 6.01. The molecule has 2 aliphatic heterocycles. The minimum Gasteiger partial charge on any atom is -0.456 e. The monoisotopic (exact) mass is 775 g/mol. The molecule has 2 aliphatic rings. The van der Waals surface area contributed by atoms with E-state index in [1.54, 1.807) is 65.6 Å². The first kappa shape index (κ1) is 40.8. The second kappa shape index (κ2) is 17.1. The number of hydrogen-bond donors (Lipinski definition) is 1. The van der Waals surface area contributed by atoms with Crippen LogP contribution in [0.5, 0.6) is 0 Å². The van der Waals surface area contributed by atoms with E-state index >= 15 is 0 Å². The van der Waals surface area contributed by atoms with Gasteiger partial charge in [0.2, 0.25) is 11.8 Å². The molecule has 300 valence electrons. The lowest BCUT2D eigenvalue weighted by Crippen LogP contribution is -2.57. The average Bonchev–Trinajstić information content (AvgIpc) is 3.71. The molecule has 0 spiro atoms. The van der Waals surface area contributed by atoms with Crippen molar-refractivity contribution in [3.8, 4) is 5.69 Å². The van der Waals surface area contributed by atoms with Gasteiger partial charge in [0.05, 0.1) is 11.3 Å². The molecule has 0 saturated carbocycles. The maximum atomic E-state index is 14.6. The molecule has 0 bridgehead atoms. The first-order valence-electron chi connectivity index (χ1n) is 19.5. The third-order valence-electron chi connectivity index (χ3n) is 10.3. The maximum absolute atomic E-state index is 14.6. The summed E-state index contributed by atoms with van der Waals surface area (Å²) in [6.45, 7) is 14.4. The number of nitrogens with one attached hydrogen (secondary N) is 1. The molecule has 1 N–H and O–H groups in total. The summed E-state index contributed by atoms with van der Waals surface area (Å²) in [6.07, 6.45) is 6.63. The molecule has 1 aromatic heterocycles. The largest absolute Gasteiger partial charge is 0.456 e. The molecule has 3 unspecified atom stereocenters. The Morgan fingerprint density at radius 1 is 0.842 bits per heavy atom. The number of aryl methyl sites for hydroxylation is 1. The molecule has 3 heterocycles. The highest BCUT2D eigenvalue weighted by Gasteiger charge is 2.45. The molecule has 57 heavy (non-hydrogen) atoms. The van der Waals surface area contributed by atoms with Gasteiger partial charge >= 0.3 is 12.1 Å². The van der Waals surface area contributed by atoms with Crippen LogP contribution in [0.15, 0.2) is 85.2 Å². The van der Waals surface area contributed by atoms with Crippen molar-refractivity contribution < 1.29 is 28.7 Å². The van der Waals surface area contributed by atoms with E-state index in [1.807, 2.05) is 76.2 Å². The Bertz CT molecular complexity index is 2060. The number of hydrogen-bond acceptors (Lipinski definition) is 9. The number of rotatable bonds is 8. The van der Waals surface area contributed by atoms with Gasteiger partial charge in [-0.05, 0) is 138 Å². The van der Waals surface area contributed by atoms with Crippen molar-refractivity contribution in [2.75, 3.05) is 25.0 Å². The molecule has 13 heteroatoms. The number of amides is 3. The van der Waals surface area contributed by atoms with Crippen LogP contribution in [0.25, 0.3) is 11.8 Å². The van der Waals surface area contributed by atoms with Crippen LogP contribution >= 0.6 is 0 Å². The van der Waals surface area contributed by atoms with Crippen LogP contribution in [-0.4, -0.2) is 90.8 Å². The second-order valence-corrected chi connectivity index (χ2v) is 17.0. The number of benzene rings is 3. The number of likely N-dealkylation sites (tertiary alicyclic amines) is 2. The van der Waals surface area contributed by atoms with Crippen molar-refractivity contribution in [1.82, 2.24) is 30.0 Å². The number of tetrazole rings is 1. The SMILES string of the molecule is Cc1ccc(-n2cnnn2)c(/C=C/C(=O)N2CC(C3CCN(C(=O)OC(C)(C)C)CC3)CC(c3ccccc3)C2C(=O)Nc2ccc(C(=O)OC(C)(C)C)cc2)c1. The van der Waals surface area contributed by atoms with Gasteiger partial charge < -0.3 is 24.6 Å². The lowest BCUT2D eigenvalue weighted by molar-refractivity contribution is -0.139. The zero-order valence-corrected chi connectivity index (χ0v) is 33.8. The molecule has 2 fully saturated rings. The van der Waals surface area contributed by atoms with Gasteiger partial charge in [0.15, 0.2) is 0 Å². The van der Waals surface area contributed by atoms with Gasteiger partial charge in [-0.1, -0.05) is 42.0 Å². The Labute approximate surface area is 334 Å². The van der Waals surface area contributed by atoms with Crippen molar-refractivity contribution in [1.29, 1.82) is 0 Å². The molecule has 0 radical (unpaired) electrons. The van der Waals surface area contributed by atoms with E-state index in [1.165, 1.54) is 12.4 Å². The third-order valence-corrected chi connectivity index (χ3v) is 10.3. The fourth-order valence-electron chi connectivity index (χ4n) is 7.69. The second-order valence-electron chi connectivity index (χ2n) is 17.0. The lowest BCUT2D eigenvalue weighted by atomic mass is 9.71. The van der Waals surface area contributed by atoms with E-state index in [0.717, 1.165) is 29.5 Å². The molecule has 13 nitrogen and oxygen atoms in total. The number of esters is 1. The van der Waals surface area contributed by atoms with Crippen molar-refractivity contribution >= 4 is 35.6 Å². The molecule has 6 rings (SSSR count). The van der Waals surface area contributed by atoms with Gasteiger partial charge in [-0.3, -0.25) is 9.59 Å². The Kier molecular flexibility index (Phi) is 12.2. The minimum atomic E-state index is -0.857. The van der Waals surface area contributed by atoms with Crippen molar-refractivity contribution in [2.45, 2.75) is 90.9 Å². The quantitative estimate of drug-likeness (QED) is 0.145. The number of piperidine rings is 2. The van der Waals surface area contributed by atoms with Crippen LogP contribution < -0.4 is 5.32 Å². The van der Waals surface area contributed by atoms with E-state index < -0.39 is 23.2 Å². The molecule has 3 atom stereocenters. The number of carbonyl (C=O) groups excluding carboxylic acids is 4. The Balaban J connectivity index is 1.31. The average molecular weight is 776 g/mol. The van der Waals surface area contributed by atoms with E-state index in [-0.39, 0.29) is 35.7 Å². The zero-order valence-electron chi connectivity index (χ0n) is 33.8. The predicted octanol–water partition coefficient (Wildman–Crippen LogP) is 7.23. The highest BCUT2D eigenvalue weighted by atomic mass is 16.6. The van der Waals surface area contributed by atoms with Crippen LogP contribution in [-0.2, 0) is 19.1 Å². The fourth-order valence-corrected chi connectivity index (χ4v) is 7.69. The molecular formula is C44H53N7O6. The van der Waals surface area contributed by atoms with Crippen LogP contribution in [0, 0.1) is 18.8 Å². The number of ether oxygens (including phenoxy) is 2. The normalized spacial score (nSPS) is 19.3. The first-order valence-corrected chi connectivity index (χ1v) is 19.5. The summed E-state index contributed by atoms with van der Waals surface area (Å²) in [7, 11) is 0. The topological polar surface area (TPSA) is 149 Å². The molecule has 2 saturated heterocycles. The van der Waals surface area contributed by atoms with Gasteiger partial charge in [0, 0.05) is 42.9 Å². The first-order chi connectivity index (χ1) is 27.0. The number of anilines is 1. The van der Waals surface area contributed by atoms with E-state index in [9.17, 15) is 19.2 Å². The molecule has 3 aromatic carbocycles. The van der Waals surface area contributed by atoms with Gasteiger partial charge in [-0.2, -0.15) is 4.68 Å². The predicted molar refractivity (Wildman–Crippen MR) is 216 cm³/mol. The van der Waals surface area contributed by atoms with Crippen LogP contribution in [0.4, 0.5) is 10.5 Å². The van der Waals surface area contributed by atoms with E-state index in [2.05, 4.69) is 20.8 Å². The van der Waals surface area contributed by atoms with Crippen molar-refractivity contribution in [2.24, 2.45) is 11.8 Å². The van der Waals surface area contributed by atoms with Crippen molar-refractivity contribution in [3.63, 3.8) is 0 Å². The number of nitrogens with zero attached hydrogens (tertiary/aromatic N) is 6. The third kappa shape index (κ3) is 10.5. The Morgan fingerprint density at radius 3 is 2.16 bits per heavy atom. The maximum Gasteiger partial charge on any atom is 0.410 e. The fraction of sp³-hybridized carbons (Fsp3) is 0.432. The number of carbonyl (C=O) groups is 4. The lowest BCUT2D eigenvalue weighted by Gasteiger charge is -2.47. The van der Waals surface area contributed by atoms with Gasteiger partial charge in [0.25, 0.3) is 0 Å².